The van der Waals surface area contributed by atoms with Crippen molar-refractivity contribution in [2.45, 2.75) is 0 Å². The highest BCUT2D eigenvalue weighted by Gasteiger charge is 1.95. The van der Waals surface area contributed by atoms with Gasteiger partial charge in [-0.05, 0) is 6.08 Å². The fourth-order valence-electron chi connectivity index (χ4n) is 0.198. The molecular weight excluding hydrogens is 106 g/mol. The molecule has 0 fully saturated rings. The van der Waals surface area contributed by atoms with E-state index in [1.165, 1.54) is 12.2 Å². The van der Waals surface area contributed by atoms with E-state index in [1.54, 1.807) is 0 Å². The summed E-state index contributed by atoms with van der Waals surface area (Å²) in [7, 11) is 0. The molecule has 0 radical (unpaired) electrons. The Morgan fingerprint density at radius 2 is 2.25 bits per heavy atom. The first-order valence-corrected chi connectivity index (χ1v) is 2.00. The lowest BCUT2D eigenvalue weighted by Gasteiger charge is -1.85. The summed E-state index contributed by atoms with van der Waals surface area (Å²) >= 11 is 0. The van der Waals surface area contributed by atoms with Gasteiger partial charge < -0.3 is 10.8 Å². The van der Waals surface area contributed by atoms with E-state index in [2.05, 4.69) is 6.58 Å². The molecule has 0 aliphatic rings. The van der Waals surface area contributed by atoms with Crippen LogP contribution in [0.15, 0.2) is 24.4 Å². The summed E-state index contributed by atoms with van der Waals surface area (Å²) in [6, 6.07) is 0. The van der Waals surface area contributed by atoms with E-state index in [4.69, 9.17) is 10.8 Å². The summed E-state index contributed by atoms with van der Waals surface area (Å²) in [5, 5.41) is 8.07. The van der Waals surface area contributed by atoms with Gasteiger partial charge in [0.1, 0.15) is 5.70 Å². The molecule has 0 aromatic rings. The maximum atomic E-state index is 9.85. The Bertz CT molecular complexity index is 137. The summed E-state index contributed by atoms with van der Waals surface area (Å²) in [5.41, 5.74) is 4.72. The lowest BCUT2D eigenvalue weighted by atomic mass is 10.4. The van der Waals surface area contributed by atoms with E-state index in [0.29, 0.717) is 0 Å². The van der Waals surface area contributed by atoms with Gasteiger partial charge in [-0.25, -0.2) is 4.79 Å². The van der Waals surface area contributed by atoms with Gasteiger partial charge in [0.15, 0.2) is 0 Å². The molecule has 0 aliphatic heterocycles. The fourth-order valence-corrected chi connectivity index (χ4v) is 0.198. The molecule has 0 heterocycles. The first-order valence-electron chi connectivity index (χ1n) is 2.00. The predicted octanol–water partition coefficient (Wildman–Crippen LogP) is 0.0996. The summed E-state index contributed by atoms with van der Waals surface area (Å²) < 4.78 is 0. The second kappa shape index (κ2) is 2.85. The Balaban J connectivity index is 3.99. The Labute approximate surface area is 47.1 Å². The molecule has 0 amide bonds. The third kappa shape index (κ3) is 2.02. The van der Waals surface area contributed by atoms with Gasteiger partial charge in [-0.1, -0.05) is 12.7 Å². The summed E-state index contributed by atoms with van der Waals surface area (Å²) in [5.74, 6) is -1.12. The van der Waals surface area contributed by atoms with Gasteiger partial charge in [0.25, 0.3) is 0 Å². The lowest BCUT2D eigenvalue weighted by molar-refractivity contribution is -0.132. The number of allylic oxidation sites excluding steroid dienone is 2. The minimum Gasteiger partial charge on any atom is -0.477 e. The smallest absolute Gasteiger partial charge is 0.351 e. The molecule has 8 heavy (non-hydrogen) atoms. The fraction of sp³-hybridized carbons (Fsp3) is 0. The molecule has 44 valence electrons. The van der Waals surface area contributed by atoms with Crippen LogP contribution in [-0.4, -0.2) is 11.1 Å². The van der Waals surface area contributed by atoms with E-state index in [-0.39, 0.29) is 5.70 Å². The summed E-state index contributed by atoms with van der Waals surface area (Å²) in [4.78, 5) is 9.85. The van der Waals surface area contributed by atoms with Crippen LogP contribution in [-0.2, 0) is 4.79 Å². The van der Waals surface area contributed by atoms with Crippen molar-refractivity contribution >= 4 is 5.97 Å². The number of aliphatic carboxylic acids is 1. The Morgan fingerprint density at radius 1 is 1.75 bits per heavy atom. The molecule has 3 N–H and O–H groups in total. The number of hydrogen-bond acceptors (Lipinski definition) is 2. The zero-order valence-electron chi connectivity index (χ0n) is 4.29. The number of rotatable bonds is 2. The van der Waals surface area contributed by atoms with Gasteiger partial charge in [0, 0.05) is 0 Å². The quantitative estimate of drug-likeness (QED) is 0.394. The number of hydrogen-bond donors (Lipinski definition) is 2. The van der Waals surface area contributed by atoms with Gasteiger partial charge in [0.2, 0.25) is 0 Å². The zero-order chi connectivity index (χ0) is 6.57. The molecule has 0 aliphatic carbocycles. The van der Waals surface area contributed by atoms with Crippen LogP contribution in [0.3, 0.4) is 0 Å². The third-order valence-corrected chi connectivity index (χ3v) is 0.544. The van der Waals surface area contributed by atoms with Crippen LogP contribution in [0.1, 0.15) is 0 Å². The molecule has 0 saturated heterocycles. The summed E-state index contributed by atoms with van der Waals surface area (Å²) in [6.07, 6.45) is 2.55. The molecule has 0 spiro atoms. The van der Waals surface area contributed by atoms with Crippen molar-refractivity contribution in [2.24, 2.45) is 5.73 Å². The largest absolute Gasteiger partial charge is 0.477 e. The van der Waals surface area contributed by atoms with Crippen molar-refractivity contribution in [1.82, 2.24) is 0 Å². The van der Waals surface area contributed by atoms with Crippen LogP contribution in [0.5, 0.6) is 0 Å². The van der Waals surface area contributed by atoms with Crippen molar-refractivity contribution in [3.05, 3.63) is 24.4 Å². The van der Waals surface area contributed by atoms with Crippen LogP contribution in [0.25, 0.3) is 0 Å². The average molecular weight is 113 g/mol. The van der Waals surface area contributed by atoms with Gasteiger partial charge in [-0.3, -0.25) is 0 Å². The van der Waals surface area contributed by atoms with Crippen molar-refractivity contribution in [1.29, 1.82) is 0 Å². The van der Waals surface area contributed by atoms with E-state index >= 15 is 0 Å². The third-order valence-electron chi connectivity index (χ3n) is 0.544. The van der Waals surface area contributed by atoms with E-state index in [1.807, 2.05) is 0 Å². The Hall–Kier alpha value is -1.25. The highest BCUT2D eigenvalue weighted by atomic mass is 16.4. The van der Waals surface area contributed by atoms with E-state index < -0.39 is 5.97 Å². The van der Waals surface area contributed by atoms with Gasteiger partial charge in [-0.2, -0.15) is 0 Å². The zero-order valence-corrected chi connectivity index (χ0v) is 4.29. The predicted molar refractivity (Wildman–Crippen MR) is 30.1 cm³/mol. The Kier molecular flexibility index (Phi) is 2.40. The van der Waals surface area contributed by atoms with Crippen LogP contribution >= 0.6 is 0 Å². The highest BCUT2D eigenvalue weighted by molar-refractivity contribution is 5.85. The molecule has 0 aromatic heterocycles. The van der Waals surface area contributed by atoms with Crippen LogP contribution < -0.4 is 5.73 Å². The van der Waals surface area contributed by atoms with Crippen molar-refractivity contribution in [3.63, 3.8) is 0 Å². The molecule has 0 saturated carbocycles. The van der Waals surface area contributed by atoms with E-state index in [0.717, 1.165) is 0 Å². The molecular formula is C5H7NO2. The minimum atomic E-state index is -1.12. The molecule has 0 bridgehead atoms. The van der Waals surface area contributed by atoms with Gasteiger partial charge in [0.05, 0.1) is 0 Å². The molecule has 3 nitrogen and oxygen atoms in total. The van der Waals surface area contributed by atoms with Crippen molar-refractivity contribution in [3.8, 4) is 0 Å². The van der Waals surface area contributed by atoms with Crippen molar-refractivity contribution < 1.29 is 9.90 Å². The minimum absolute atomic E-state index is 0.194. The molecule has 0 rings (SSSR count). The van der Waals surface area contributed by atoms with Crippen molar-refractivity contribution in [2.75, 3.05) is 0 Å². The number of carboxylic acid groups (broad SMARTS) is 1. The maximum absolute atomic E-state index is 9.85. The summed E-state index contributed by atoms with van der Waals surface area (Å²) in [6.45, 7) is 3.26. The highest BCUT2D eigenvalue weighted by Crippen LogP contribution is 1.81. The molecule has 0 unspecified atom stereocenters. The topological polar surface area (TPSA) is 63.3 Å². The van der Waals surface area contributed by atoms with Gasteiger partial charge >= 0.3 is 5.97 Å². The standard InChI is InChI=1S/C5H7NO2/c1-2-3-4(6)5(7)8/h2-3H,1,6H2,(H,7,8)/b4-3+. The monoisotopic (exact) mass is 113 g/mol. The first kappa shape index (κ1) is 6.75. The van der Waals surface area contributed by atoms with Gasteiger partial charge in [-0.15, -0.1) is 0 Å². The van der Waals surface area contributed by atoms with Crippen LogP contribution in [0, 0.1) is 0 Å². The normalized spacial score (nSPS) is 10.8. The van der Waals surface area contributed by atoms with Crippen LogP contribution in [0.4, 0.5) is 0 Å². The van der Waals surface area contributed by atoms with Crippen LogP contribution in [0.2, 0.25) is 0 Å². The van der Waals surface area contributed by atoms with E-state index in [9.17, 15) is 4.79 Å². The molecule has 0 aromatic carbocycles. The SMILES string of the molecule is C=C/C=C(/N)C(=O)O. The number of nitrogens with two attached hydrogens (primary N) is 1. The first-order chi connectivity index (χ1) is 3.68. The second-order valence-corrected chi connectivity index (χ2v) is 1.16. The molecule has 0 atom stereocenters. The average Bonchev–Trinajstić information content (AvgIpc) is 1.67. The number of carbonyl (C=O) groups is 1. The number of carboxylic acids is 1. The maximum Gasteiger partial charge on any atom is 0.351 e. The second-order valence-electron chi connectivity index (χ2n) is 1.16. The lowest BCUT2D eigenvalue weighted by Crippen LogP contribution is -2.08. The Morgan fingerprint density at radius 3 is 2.38 bits per heavy atom. The molecule has 3 heteroatoms.